The molecular weight excluding hydrogens is 240 g/mol. The Kier molecular flexibility index (Phi) is 4.58. The maximum atomic E-state index is 5.39. The van der Waals surface area contributed by atoms with E-state index in [9.17, 15) is 0 Å². The second-order valence-electron chi connectivity index (χ2n) is 4.38. The van der Waals surface area contributed by atoms with Crippen LogP contribution in [0.5, 0.6) is 5.75 Å². The summed E-state index contributed by atoms with van der Waals surface area (Å²) in [6.07, 6.45) is 1.08. The molecule has 1 N–H and O–H groups in total. The van der Waals surface area contributed by atoms with Gasteiger partial charge in [0, 0.05) is 24.7 Å². The smallest absolute Gasteiger partial charge is 0.145 e. The Morgan fingerprint density at radius 2 is 2.11 bits per heavy atom. The zero-order chi connectivity index (χ0) is 13.7. The van der Waals surface area contributed by atoms with Crippen molar-refractivity contribution in [2.24, 2.45) is 0 Å². The number of nitrogens with zero attached hydrogens (tertiary/aromatic N) is 1. The number of pyridine rings is 1. The van der Waals surface area contributed by atoms with Crippen LogP contribution >= 0.6 is 0 Å². The zero-order valence-electron chi connectivity index (χ0n) is 11.7. The molecule has 0 aliphatic carbocycles. The van der Waals surface area contributed by atoms with E-state index >= 15 is 0 Å². The minimum absolute atomic E-state index is 0.495. The third kappa shape index (κ3) is 2.96. The molecular formula is C15H20N2O2. The monoisotopic (exact) mass is 260 g/mol. The Labute approximate surface area is 113 Å². The average Bonchev–Trinajstić information content (AvgIpc) is 2.44. The Balaban J connectivity index is 2.56. The van der Waals surface area contributed by atoms with E-state index in [1.54, 1.807) is 14.2 Å². The Morgan fingerprint density at radius 3 is 2.79 bits per heavy atom. The molecule has 4 nitrogen and oxygen atoms in total. The lowest BCUT2D eigenvalue weighted by Crippen LogP contribution is -2.03. The molecule has 0 spiro atoms. The van der Waals surface area contributed by atoms with Gasteiger partial charge in [-0.15, -0.1) is 0 Å². The highest BCUT2D eigenvalue weighted by molar-refractivity contribution is 5.95. The number of hydrogen-bond donors (Lipinski definition) is 1. The molecule has 0 unspecified atom stereocenters. The van der Waals surface area contributed by atoms with E-state index in [1.165, 1.54) is 0 Å². The molecule has 19 heavy (non-hydrogen) atoms. The van der Waals surface area contributed by atoms with Crippen molar-refractivity contribution >= 4 is 16.6 Å². The highest BCUT2D eigenvalue weighted by atomic mass is 16.5. The molecule has 0 radical (unpaired) electrons. The van der Waals surface area contributed by atoms with Crippen molar-refractivity contribution in [1.82, 2.24) is 4.98 Å². The molecule has 0 aliphatic rings. The maximum Gasteiger partial charge on any atom is 0.145 e. The van der Waals surface area contributed by atoms with Crippen LogP contribution in [-0.4, -0.2) is 25.7 Å². The molecule has 0 fully saturated rings. The van der Waals surface area contributed by atoms with Crippen LogP contribution < -0.4 is 10.1 Å². The van der Waals surface area contributed by atoms with Crippen LogP contribution in [0.2, 0.25) is 0 Å². The number of para-hydroxylation sites is 1. The molecule has 1 heterocycles. The van der Waals surface area contributed by atoms with Gasteiger partial charge in [-0.2, -0.15) is 0 Å². The van der Waals surface area contributed by atoms with Crippen LogP contribution in [-0.2, 0) is 11.3 Å². The molecule has 0 amide bonds. The quantitative estimate of drug-likeness (QED) is 0.866. The van der Waals surface area contributed by atoms with Gasteiger partial charge in [0.2, 0.25) is 0 Å². The number of hydrogen-bond acceptors (Lipinski definition) is 4. The lowest BCUT2D eigenvalue weighted by atomic mass is 10.1. The summed E-state index contributed by atoms with van der Waals surface area (Å²) in [5, 5.41) is 4.51. The molecule has 2 rings (SSSR count). The molecule has 0 bridgehead atoms. The number of benzene rings is 1. The van der Waals surface area contributed by atoms with Gasteiger partial charge >= 0.3 is 0 Å². The minimum Gasteiger partial charge on any atom is -0.494 e. The molecule has 102 valence electrons. The second-order valence-corrected chi connectivity index (χ2v) is 4.38. The highest BCUT2D eigenvalue weighted by Gasteiger charge is 2.09. The average molecular weight is 260 g/mol. The second kappa shape index (κ2) is 6.38. The van der Waals surface area contributed by atoms with Gasteiger partial charge in [-0.1, -0.05) is 19.1 Å². The van der Waals surface area contributed by atoms with Crippen molar-refractivity contribution in [3.63, 3.8) is 0 Å². The SMILES string of the molecule is CCCNc1cc(COC)nc2c(OC)cccc12. The third-order valence-electron chi connectivity index (χ3n) is 2.93. The first-order valence-electron chi connectivity index (χ1n) is 6.49. The summed E-state index contributed by atoms with van der Waals surface area (Å²) in [5.74, 6) is 0.787. The first kappa shape index (κ1) is 13.6. The highest BCUT2D eigenvalue weighted by Crippen LogP contribution is 2.30. The summed E-state index contributed by atoms with van der Waals surface area (Å²) in [4.78, 5) is 4.61. The number of methoxy groups -OCH3 is 2. The number of nitrogens with one attached hydrogen (secondary N) is 1. The largest absolute Gasteiger partial charge is 0.494 e. The van der Waals surface area contributed by atoms with Gasteiger partial charge in [0.1, 0.15) is 11.3 Å². The zero-order valence-corrected chi connectivity index (χ0v) is 11.7. The van der Waals surface area contributed by atoms with Crippen molar-refractivity contribution in [3.05, 3.63) is 30.0 Å². The van der Waals surface area contributed by atoms with Crippen LogP contribution in [0, 0.1) is 0 Å². The van der Waals surface area contributed by atoms with E-state index < -0.39 is 0 Å². The summed E-state index contributed by atoms with van der Waals surface area (Å²) in [7, 11) is 3.34. The normalized spacial score (nSPS) is 10.7. The van der Waals surface area contributed by atoms with Crippen LogP contribution in [0.3, 0.4) is 0 Å². The van der Waals surface area contributed by atoms with E-state index in [0.717, 1.165) is 41.0 Å². The molecule has 0 saturated heterocycles. The maximum absolute atomic E-state index is 5.39. The Bertz CT molecular complexity index is 555. The first-order chi connectivity index (χ1) is 9.30. The molecule has 0 atom stereocenters. The third-order valence-corrected chi connectivity index (χ3v) is 2.93. The van der Waals surface area contributed by atoms with Crippen LogP contribution in [0.15, 0.2) is 24.3 Å². The number of rotatable bonds is 6. The van der Waals surface area contributed by atoms with Gasteiger partial charge in [0.25, 0.3) is 0 Å². The minimum atomic E-state index is 0.495. The van der Waals surface area contributed by atoms with Crippen LogP contribution in [0.4, 0.5) is 5.69 Å². The summed E-state index contributed by atoms with van der Waals surface area (Å²) in [6.45, 7) is 3.57. The van der Waals surface area contributed by atoms with E-state index in [0.29, 0.717) is 6.61 Å². The number of ether oxygens (including phenoxy) is 2. The van der Waals surface area contributed by atoms with E-state index in [1.807, 2.05) is 18.2 Å². The summed E-state index contributed by atoms with van der Waals surface area (Å²) in [5.41, 5.74) is 2.86. The molecule has 0 saturated carbocycles. The topological polar surface area (TPSA) is 43.4 Å². The number of anilines is 1. The lowest BCUT2D eigenvalue weighted by molar-refractivity contribution is 0.182. The van der Waals surface area contributed by atoms with Gasteiger partial charge < -0.3 is 14.8 Å². The Hall–Kier alpha value is -1.81. The number of fused-ring (bicyclic) bond motifs is 1. The van der Waals surface area contributed by atoms with E-state index in [4.69, 9.17) is 9.47 Å². The van der Waals surface area contributed by atoms with Crippen molar-refractivity contribution in [3.8, 4) is 5.75 Å². The molecule has 1 aromatic heterocycles. The number of aromatic nitrogens is 1. The lowest BCUT2D eigenvalue weighted by Gasteiger charge is -2.13. The molecule has 1 aromatic carbocycles. The van der Waals surface area contributed by atoms with Crippen molar-refractivity contribution in [2.45, 2.75) is 20.0 Å². The molecule has 4 heteroatoms. The first-order valence-corrected chi connectivity index (χ1v) is 6.49. The predicted octanol–water partition coefficient (Wildman–Crippen LogP) is 3.21. The molecule has 0 aliphatic heterocycles. The van der Waals surface area contributed by atoms with Crippen molar-refractivity contribution in [2.75, 3.05) is 26.1 Å². The summed E-state index contributed by atoms with van der Waals surface area (Å²) < 4.78 is 10.6. The van der Waals surface area contributed by atoms with Crippen LogP contribution in [0.25, 0.3) is 10.9 Å². The van der Waals surface area contributed by atoms with E-state index in [2.05, 4.69) is 23.3 Å². The fourth-order valence-corrected chi connectivity index (χ4v) is 2.07. The summed E-state index contributed by atoms with van der Waals surface area (Å²) in [6, 6.07) is 8.01. The predicted molar refractivity (Wildman–Crippen MR) is 77.8 cm³/mol. The standard InChI is InChI=1S/C15H20N2O2/c1-4-8-16-13-9-11(10-18-2)17-15-12(13)6-5-7-14(15)19-3/h5-7,9H,4,8,10H2,1-3H3,(H,16,17). The summed E-state index contributed by atoms with van der Waals surface area (Å²) >= 11 is 0. The van der Waals surface area contributed by atoms with Gasteiger partial charge in [-0.25, -0.2) is 4.98 Å². The van der Waals surface area contributed by atoms with Crippen molar-refractivity contribution < 1.29 is 9.47 Å². The van der Waals surface area contributed by atoms with Gasteiger partial charge in [0.05, 0.1) is 19.4 Å². The van der Waals surface area contributed by atoms with Crippen molar-refractivity contribution in [1.29, 1.82) is 0 Å². The van der Waals surface area contributed by atoms with Gasteiger partial charge in [-0.05, 0) is 18.6 Å². The molecule has 2 aromatic rings. The van der Waals surface area contributed by atoms with Gasteiger partial charge in [-0.3, -0.25) is 0 Å². The van der Waals surface area contributed by atoms with Gasteiger partial charge in [0.15, 0.2) is 0 Å². The van der Waals surface area contributed by atoms with E-state index in [-0.39, 0.29) is 0 Å². The fourth-order valence-electron chi connectivity index (χ4n) is 2.07. The van der Waals surface area contributed by atoms with Crippen LogP contribution in [0.1, 0.15) is 19.0 Å². The fraction of sp³-hybridized carbons (Fsp3) is 0.400. The Morgan fingerprint density at radius 1 is 1.26 bits per heavy atom.